The van der Waals surface area contributed by atoms with Crippen LogP contribution in [0.25, 0.3) is 0 Å². The van der Waals surface area contributed by atoms with Gasteiger partial charge in [-0.15, -0.1) is 6.58 Å². The van der Waals surface area contributed by atoms with Gasteiger partial charge in [-0.25, -0.2) is 9.45 Å². The van der Waals surface area contributed by atoms with Crippen LogP contribution in [-0.2, 0) is 0 Å². The van der Waals surface area contributed by atoms with Crippen molar-refractivity contribution in [3.8, 4) is 0 Å². The van der Waals surface area contributed by atoms with E-state index in [-0.39, 0.29) is 29.4 Å². The third-order valence-electron chi connectivity index (χ3n) is 5.93. The Kier molecular flexibility index (Phi) is 6.42. The Morgan fingerprint density at radius 3 is 2.70 bits per heavy atom. The first-order valence-corrected chi connectivity index (χ1v) is 9.32. The molecule has 1 N–H and O–H groups in total. The summed E-state index contributed by atoms with van der Waals surface area (Å²) in [6.45, 7) is 18.2. The molecule has 1 saturated carbocycles. The van der Waals surface area contributed by atoms with Gasteiger partial charge in [-0.1, -0.05) is 48.9 Å². The average Bonchev–Trinajstić information content (AvgIpc) is 2.62. The number of amides is 1. The van der Waals surface area contributed by atoms with E-state index in [2.05, 4.69) is 26.7 Å². The number of halogens is 1. The first kappa shape index (κ1) is 21.1. The molecule has 0 aliphatic heterocycles. The predicted molar refractivity (Wildman–Crippen MR) is 107 cm³/mol. The first-order valence-electron chi connectivity index (χ1n) is 9.32. The number of hydrogen-bond acceptors (Lipinski definition) is 2. The van der Waals surface area contributed by atoms with Gasteiger partial charge in [-0.3, -0.25) is 10.0 Å². The minimum atomic E-state index is -0.749. The quantitative estimate of drug-likeness (QED) is 0.395. The molecular weight excluding hydrogens is 341 g/mol. The lowest BCUT2D eigenvalue weighted by atomic mass is 9.61. The van der Waals surface area contributed by atoms with E-state index in [1.165, 1.54) is 12.1 Å². The highest BCUT2D eigenvalue weighted by atomic mass is 19.1. The summed E-state index contributed by atoms with van der Waals surface area (Å²) in [5.41, 5.74) is 2.51. The van der Waals surface area contributed by atoms with E-state index in [1.807, 2.05) is 13.0 Å². The summed E-state index contributed by atoms with van der Waals surface area (Å²) in [6.07, 6.45) is 4.72. The van der Waals surface area contributed by atoms with Crippen LogP contribution in [0.1, 0.15) is 49.0 Å². The Labute approximate surface area is 161 Å². The van der Waals surface area contributed by atoms with Crippen molar-refractivity contribution < 1.29 is 14.4 Å². The zero-order valence-electron chi connectivity index (χ0n) is 16.6. The molecule has 3 atom stereocenters. The maximum absolute atomic E-state index is 13.9. The molecule has 1 aromatic carbocycles. The van der Waals surface area contributed by atoms with Crippen LogP contribution in [0.2, 0.25) is 0 Å². The predicted octanol–water partition coefficient (Wildman–Crippen LogP) is 5.71. The van der Waals surface area contributed by atoms with Crippen LogP contribution < -0.4 is 0 Å². The molecular formula is C23H30FNO2. The number of nitrogens with zero attached hydrogens (tertiary/aromatic N) is 1. The third kappa shape index (κ3) is 4.56. The highest BCUT2D eigenvalue weighted by molar-refractivity contribution is 5.94. The Morgan fingerprint density at radius 2 is 2.11 bits per heavy atom. The number of carbonyl (C=O) groups excluding carboxylic acids is 1. The van der Waals surface area contributed by atoms with Crippen LogP contribution in [0, 0.1) is 30.0 Å². The largest absolute Gasteiger partial charge is 0.285 e. The lowest BCUT2D eigenvalue weighted by molar-refractivity contribution is -0.0535. The fourth-order valence-corrected chi connectivity index (χ4v) is 4.05. The summed E-state index contributed by atoms with van der Waals surface area (Å²) in [4.78, 5) is 12.4. The third-order valence-corrected chi connectivity index (χ3v) is 5.93. The molecule has 1 aliphatic rings. The molecule has 1 aliphatic carbocycles. The van der Waals surface area contributed by atoms with Gasteiger partial charge in [0.25, 0.3) is 5.91 Å². The molecule has 1 aromatic rings. The SMILES string of the molecule is C=C[C@]1(C)CC[C@@H](C(=C)CN(O)C(=O)c2cc(C)ccc2F)C[C@H]1C(=C)C. The van der Waals surface area contributed by atoms with Gasteiger partial charge in [0.05, 0.1) is 12.1 Å². The molecule has 2 rings (SSSR count). The number of allylic oxidation sites excluding steroid dienone is 2. The summed E-state index contributed by atoms with van der Waals surface area (Å²) in [5, 5.41) is 10.8. The molecule has 0 spiro atoms. The molecule has 4 heteroatoms. The normalized spacial score (nSPS) is 24.9. The lowest BCUT2D eigenvalue weighted by Gasteiger charge is -2.44. The summed E-state index contributed by atoms with van der Waals surface area (Å²) in [5.74, 6) is -0.940. The van der Waals surface area contributed by atoms with Gasteiger partial charge in [-0.05, 0) is 62.5 Å². The van der Waals surface area contributed by atoms with Crippen molar-refractivity contribution in [3.05, 3.63) is 72.1 Å². The molecule has 0 heterocycles. The van der Waals surface area contributed by atoms with Crippen LogP contribution in [0.4, 0.5) is 4.39 Å². The molecule has 0 saturated heterocycles. The zero-order valence-corrected chi connectivity index (χ0v) is 16.6. The van der Waals surface area contributed by atoms with E-state index in [0.717, 1.165) is 36.0 Å². The van der Waals surface area contributed by atoms with Crippen LogP contribution in [0.3, 0.4) is 0 Å². The zero-order chi connectivity index (χ0) is 20.4. The van der Waals surface area contributed by atoms with Crippen LogP contribution in [0.5, 0.6) is 0 Å². The molecule has 146 valence electrons. The van der Waals surface area contributed by atoms with E-state index < -0.39 is 11.7 Å². The van der Waals surface area contributed by atoms with E-state index in [4.69, 9.17) is 0 Å². The van der Waals surface area contributed by atoms with Crippen molar-refractivity contribution in [2.45, 2.75) is 40.0 Å². The monoisotopic (exact) mass is 371 g/mol. The minimum absolute atomic E-state index is 0.00201. The highest BCUT2D eigenvalue weighted by Crippen LogP contribution is 2.48. The van der Waals surface area contributed by atoms with Gasteiger partial charge >= 0.3 is 0 Å². The number of hydroxylamine groups is 2. The van der Waals surface area contributed by atoms with Gasteiger partial charge in [0.1, 0.15) is 5.82 Å². The number of hydrogen-bond donors (Lipinski definition) is 1. The molecule has 1 amide bonds. The number of aryl methyl sites for hydroxylation is 1. The van der Waals surface area contributed by atoms with Crippen molar-refractivity contribution in [3.63, 3.8) is 0 Å². The van der Waals surface area contributed by atoms with Crippen molar-refractivity contribution >= 4 is 5.91 Å². The maximum atomic E-state index is 13.9. The summed E-state index contributed by atoms with van der Waals surface area (Å²) < 4.78 is 13.9. The molecule has 0 aromatic heterocycles. The first-order chi connectivity index (χ1) is 12.6. The van der Waals surface area contributed by atoms with Gasteiger partial charge in [0.2, 0.25) is 0 Å². The number of rotatable bonds is 6. The Balaban J connectivity index is 2.08. The smallest absolute Gasteiger partial charge is 0.280 e. The molecule has 0 bridgehead atoms. The maximum Gasteiger partial charge on any atom is 0.280 e. The van der Waals surface area contributed by atoms with Crippen molar-refractivity contribution in [2.75, 3.05) is 6.54 Å². The summed E-state index contributed by atoms with van der Waals surface area (Å²) >= 11 is 0. The van der Waals surface area contributed by atoms with E-state index in [0.29, 0.717) is 5.06 Å². The van der Waals surface area contributed by atoms with Gasteiger partial charge in [-0.2, -0.15) is 0 Å². The second kappa shape index (κ2) is 8.22. The molecule has 0 radical (unpaired) electrons. The minimum Gasteiger partial charge on any atom is -0.285 e. The molecule has 0 unspecified atom stereocenters. The van der Waals surface area contributed by atoms with E-state index in [9.17, 15) is 14.4 Å². The van der Waals surface area contributed by atoms with Crippen molar-refractivity contribution in [1.29, 1.82) is 0 Å². The second-order valence-electron chi connectivity index (χ2n) is 8.08. The molecule has 27 heavy (non-hydrogen) atoms. The number of carbonyl (C=O) groups is 1. The Morgan fingerprint density at radius 1 is 1.44 bits per heavy atom. The average molecular weight is 371 g/mol. The second-order valence-corrected chi connectivity index (χ2v) is 8.08. The Hall–Kier alpha value is -2.20. The summed E-state index contributed by atoms with van der Waals surface area (Å²) in [6, 6.07) is 4.26. The van der Waals surface area contributed by atoms with Crippen LogP contribution >= 0.6 is 0 Å². The Bertz CT molecular complexity index is 770. The van der Waals surface area contributed by atoms with Crippen molar-refractivity contribution in [2.24, 2.45) is 17.3 Å². The molecule has 3 nitrogen and oxygen atoms in total. The van der Waals surface area contributed by atoms with Gasteiger partial charge < -0.3 is 0 Å². The highest BCUT2D eigenvalue weighted by Gasteiger charge is 2.39. The lowest BCUT2D eigenvalue weighted by Crippen LogP contribution is -2.36. The topological polar surface area (TPSA) is 40.5 Å². The fraction of sp³-hybridized carbons (Fsp3) is 0.435. The van der Waals surface area contributed by atoms with Crippen LogP contribution in [0.15, 0.2) is 55.2 Å². The van der Waals surface area contributed by atoms with Crippen molar-refractivity contribution in [1.82, 2.24) is 5.06 Å². The summed E-state index contributed by atoms with van der Waals surface area (Å²) in [7, 11) is 0. The van der Waals surface area contributed by atoms with Gasteiger partial charge in [0.15, 0.2) is 0 Å². The van der Waals surface area contributed by atoms with E-state index in [1.54, 1.807) is 13.0 Å². The molecule has 1 fully saturated rings. The standard InChI is InChI=1S/C23H30FNO2/c1-7-23(6)11-10-18(13-20(23)15(2)3)17(5)14-25(27)22(26)19-12-16(4)8-9-21(19)24/h7-9,12,18,20,27H,1-2,5,10-11,13-14H2,3-4,6H3/t18-,20+,23-/m1/s1. The van der Waals surface area contributed by atoms with E-state index >= 15 is 0 Å². The van der Waals surface area contributed by atoms with Crippen LogP contribution in [-0.4, -0.2) is 22.7 Å². The number of benzene rings is 1. The van der Waals surface area contributed by atoms with Gasteiger partial charge in [0, 0.05) is 0 Å². The fourth-order valence-electron chi connectivity index (χ4n) is 4.05.